The maximum atomic E-state index is 5.40. The molecule has 0 aromatic carbocycles. The van der Waals surface area contributed by atoms with E-state index in [2.05, 4.69) is 40.8 Å². The number of likely N-dealkylation sites (tertiary alicyclic amines) is 1. The van der Waals surface area contributed by atoms with E-state index in [0.29, 0.717) is 12.0 Å². The maximum Gasteiger partial charge on any atom is 0.240 e. The molecule has 1 aromatic rings. The lowest BCUT2D eigenvalue weighted by Crippen LogP contribution is -2.36. The molecule has 0 radical (unpaired) electrons. The van der Waals surface area contributed by atoms with E-state index in [4.69, 9.17) is 4.52 Å². The van der Waals surface area contributed by atoms with E-state index in [9.17, 15) is 0 Å². The summed E-state index contributed by atoms with van der Waals surface area (Å²) in [7, 11) is 2.28. The Morgan fingerprint density at radius 1 is 1.25 bits per heavy atom. The molecule has 2 bridgehead atoms. The fourth-order valence-electron chi connectivity index (χ4n) is 3.52. The molecule has 0 aliphatic carbocycles. The number of likely N-dealkylation sites (N-methyl/N-ethyl adjacent to an activating group) is 1. The maximum absolute atomic E-state index is 5.40. The van der Waals surface area contributed by atoms with Gasteiger partial charge in [-0.25, -0.2) is 0 Å². The molecule has 2 saturated heterocycles. The quantitative estimate of drug-likeness (QED) is 0.842. The Balaban J connectivity index is 1.59. The van der Waals surface area contributed by atoms with E-state index in [-0.39, 0.29) is 0 Å². The molecule has 2 atom stereocenters. The van der Waals surface area contributed by atoms with Crippen molar-refractivity contribution in [3.63, 3.8) is 0 Å². The smallest absolute Gasteiger partial charge is 0.240 e. The summed E-state index contributed by atoms with van der Waals surface area (Å²) < 4.78 is 5.40. The SMILES string of the molecule is CC(C)Cc1noc(CN2CCC3CCC(C2)N3C)n1. The Hall–Kier alpha value is -0.940. The van der Waals surface area contributed by atoms with Gasteiger partial charge in [-0.1, -0.05) is 19.0 Å². The van der Waals surface area contributed by atoms with Crippen LogP contribution < -0.4 is 0 Å². The normalized spacial score (nSPS) is 28.2. The highest BCUT2D eigenvalue weighted by atomic mass is 16.5. The lowest BCUT2D eigenvalue weighted by atomic mass is 10.1. The van der Waals surface area contributed by atoms with Crippen LogP contribution in [0.15, 0.2) is 4.52 Å². The van der Waals surface area contributed by atoms with Gasteiger partial charge in [0, 0.05) is 31.6 Å². The zero-order valence-electron chi connectivity index (χ0n) is 12.9. The van der Waals surface area contributed by atoms with Crippen LogP contribution in [0.2, 0.25) is 0 Å². The van der Waals surface area contributed by atoms with E-state index >= 15 is 0 Å². The number of rotatable bonds is 4. The minimum atomic E-state index is 0.572. The first-order chi connectivity index (χ1) is 9.61. The number of hydrogen-bond acceptors (Lipinski definition) is 5. The van der Waals surface area contributed by atoms with Crippen LogP contribution in [0.4, 0.5) is 0 Å². The molecular formula is C15H26N4O. The van der Waals surface area contributed by atoms with Gasteiger partial charge in [-0.2, -0.15) is 4.98 Å². The topological polar surface area (TPSA) is 45.4 Å². The van der Waals surface area contributed by atoms with Crippen molar-refractivity contribution in [3.05, 3.63) is 11.7 Å². The number of fused-ring (bicyclic) bond motifs is 2. The Morgan fingerprint density at radius 3 is 2.85 bits per heavy atom. The summed E-state index contributed by atoms with van der Waals surface area (Å²) in [5.74, 6) is 2.20. The van der Waals surface area contributed by atoms with Crippen LogP contribution in [0.3, 0.4) is 0 Å². The molecule has 0 spiro atoms. The third-order valence-electron chi connectivity index (χ3n) is 4.69. The van der Waals surface area contributed by atoms with Gasteiger partial charge in [0.2, 0.25) is 5.89 Å². The summed E-state index contributed by atoms with van der Waals surface area (Å²) in [6.45, 7) is 7.44. The van der Waals surface area contributed by atoms with Gasteiger partial charge in [0.15, 0.2) is 5.82 Å². The Labute approximate surface area is 121 Å². The first kappa shape index (κ1) is 14.0. The molecule has 2 fully saturated rings. The van der Waals surface area contributed by atoms with Gasteiger partial charge < -0.3 is 4.52 Å². The first-order valence-electron chi connectivity index (χ1n) is 7.87. The van der Waals surface area contributed by atoms with Crippen molar-refractivity contribution in [2.24, 2.45) is 5.92 Å². The Bertz CT molecular complexity index is 445. The summed E-state index contributed by atoms with van der Waals surface area (Å²) in [4.78, 5) is 9.57. The van der Waals surface area contributed by atoms with E-state index in [1.807, 2.05) is 0 Å². The van der Waals surface area contributed by atoms with Crippen LogP contribution in [0.25, 0.3) is 0 Å². The monoisotopic (exact) mass is 278 g/mol. The second kappa shape index (κ2) is 5.82. The summed E-state index contributed by atoms with van der Waals surface area (Å²) in [6.07, 6.45) is 4.87. The molecule has 3 rings (SSSR count). The minimum Gasteiger partial charge on any atom is -0.338 e. The fraction of sp³-hybridized carbons (Fsp3) is 0.867. The molecule has 0 amide bonds. The van der Waals surface area contributed by atoms with Gasteiger partial charge in [0.05, 0.1) is 6.54 Å². The van der Waals surface area contributed by atoms with E-state index < -0.39 is 0 Å². The number of hydrogen-bond donors (Lipinski definition) is 0. The van der Waals surface area contributed by atoms with Gasteiger partial charge in [0.1, 0.15) is 0 Å². The van der Waals surface area contributed by atoms with E-state index in [1.165, 1.54) is 19.3 Å². The highest BCUT2D eigenvalue weighted by Gasteiger charge is 2.34. The van der Waals surface area contributed by atoms with Gasteiger partial charge >= 0.3 is 0 Å². The standard InChI is InChI=1S/C15H26N4O/c1-11(2)8-14-16-15(20-17-14)10-19-7-6-12-4-5-13(9-19)18(12)3/h11-13H,4-10H2,1-3H3. The van der Waals surface area contributed by atoms with Gasteiger partial charge in [0.25, 0.3) is 0 Å². The number of nitrogens with zero attached hydrogens (tertiary/aromatic N) is 4. The molecule has 2 unspecified atom stereocenters. The summed E-state index contributed by atoms with van der Waals surface area (Å²) in [5, 5.41) is 4.08. The molecule has 3 heterocycles. The molecule has 112 valence electrons. The third-order valence-corrected chi connectivity index (χ3v) is 4.69. The lowest BCUT2D eigenvalue weighted by Gasteiger charge is -2.24. The molecule has 2 aliphatic heterocycles. The van der Waals surface area contributed by atoms with Crippen molar-refractivity contribution in [2.45, 2.75) is 58.2 Å². The molecule has 2 aliphatic rings. The van der Waals surface area contributed by atoms with Crippen LogP contribution >= 0.6 is 0 Å². The number of aromatic nitrogens is 2. The molecule has 0 N–H and O–H groups in total. The Kier molecular flexibility index (Phi) is 4.08. The van der Waals surface area contributed by atoms with Gasteiger partial charge in [-0.05, 0) is 32.2 Å². The van der Waals surface area contributed by atoms with Crippen LogP contribution in [0, 0.1) is 5.92 Å². The van der Waals surface area contributed by atoms with Crippen LogP contribution in [-0.4, -0.2) is 52.2 Å². The van der Waals surface area contributed by atoms with Crippen LogP contribution in [-0.2, 0) is 13.0 Å². The fourth-order valence-corrected chi connectivity index (χ4v) is 3.52. The molecule has 0 saturated carbocycles. The molecule has 1 aromatic heterocycles. The van der Waals surface area contributed by atoms with Crippen molar-refractivity contribution >= 4 is 0 Å². The molecule has 5 nitrogen and oxygen atoms in total. The van der Waals surface area contributed by atoms with Crippen molar-refractivity contribution in [1.82, 2.24) is 19.9 Å². The first-order valence-corrected chi connectivity index (χ1v) is 7.87. The molecule has 5 heteroatoms. The highest BCUT2D eigenvalue weighted by Crippen LogP contribution is 2.28. The van der Waals surface area contributed by atoms with Crippen molar-refractivity contribution < 1.29 is 4.52 Å². The zero-order chi connectivity index (χ0) is 14.1. The second-order valence-corrected chi connectivity index (χ2v) is 6.78. The van der Waals surface area contributed by atoms with E-state index in [0.717, 1.165) is 43.8 Å². The predicted molar refractivity (Wildman–Crippen MR) is 77.3 cm³/mol. The van der Waals surface area contributed by atoms with Gasteiger partial charge in [-0.3, -0.25) is 9.80 Å². The molecule has 20 heavy (non-hydrogen) atoms. The summed E-state index contributed by atoms with van der Waals surface area (Å²) >= 11 is 0. The predicted octanol–water partition coefficient (Wildman–Crippen LogP) is 1.94. The third kappa shape index (κ3) is 3.04. The average molecular weight is 278 g/mol. The zero-order valence-corrected chi connectivity index (χ0v) is 12.9. The van der Waals surface area contributed by atoms with Crippen LogP contribution in [0.1, 0.15) is 44.8 Å². The van der Waals surface area contributed by atoms with Gasteiger partial charge in [-0.15, -0.1) is 0 Å². The second-order valence-electron chi connectivity index (χ2n) is 6.78. The van der Waals surface area contributed by atoms with Crippen molar-refractivity contribution in [2.75, 3.05) is 20.1 Å². The lowest BCUT2D eigenvalue weighted by molar-refractivity contribution is 0.196. The minimum absolute atomic E-state index is 0.572. The van der Waals surface area contributed by atoms with E-state index in [1.54, 1.807) is 0 Å². The van der Waals surface area contributed by atoms with Crippen molar-refractivity contribution in [3.8, 4) is 0 Å². The highest BCUT2D eigenvalue weighted by molar-refractivity contribution is 4.93. The summed E-state index contributed by atoms with van der Waals surface area (Å²) in [6, 6.07) is 1.49. The molecular weight excluding hydrogens is 252 g/mol. The van der Waals surface area contributed by atoms with Crippen LogP contribution in [0.5, 0.6) is 0 Å². The Morgan fingerprint density at radius 2 is 2.05 bits per heavy atom. The average Bonchev–Trinajstić information content (AvgIpc) is 2.88. The summed E-state index contributed by atoms with van der Waals surface area (Å²) in [5.41, 5.74) is 0. The largest absolute Gasteiger partial charge is 0.338 e. The van der Waals surface area contributed by atoms with Crippen molar-refractivity contribution in [1.29, 1.82) is 0 Å².